The highest BCUT2D eigenvalue weighted by Gasteiger charge is 2.17. The van der Waals surface area contributed by atoms with E-state index in [-0.39, 0.29) is 0 Å². The van der Waals surface area contributed by atoms with Crippen molar-refractivity contribution in [3.63, 3.8) is 0 Å². The average Bonchev–Trinajstić information content (AvgIpc) is 2.57. The lowest BCUT2D eigenvalue weighted by Gasteiger charge is -2.17. The van der Waals surface area contributed by atoms with Crippen molar-refractivity contribution in [2.24, 2.45) is 0 Å². The van der Waals surface area contributed by atoms with Gasteiger partial charge >= 0.3 is 0 Å². The van der Waals surface area contributed by atoms with Crippen molar-refractivity contribution >= 4 is 17.5 Å². The van der Waals surface area contributed by atoms with Gasteiger partial charge in [0.05, 0.1) is 0 Å². The molecule has 126 valence electrons. The van der Waals surface area contributed by atoms with Crippen LogP contribution in [0, 0.1) is 11.6 Å². The average molecular weight is 333 g/mol. The van der Waals surface area contributed by atoms with Crippen LogP contribution in [0.1, 0.15) is 12.0 Å². The van der Waals surface area contributed by atoms with Gasteiger partial charge in [-0.1, -0.05) is 6.07 Å². The van der Waals surface area contributed by atoms with Crippen LogP contribution in [0.3, 0.4) is 0 Å². The normalized spacial score (nSPS) is 10.3. The second-order valence-corrected chi connectivity index (χ2v) is 5.24. The largest absolute Gasteiger partial charge is 0.345 e. The molecule has 0 fully saturated rings. The van der Waals surface area contributed by atoms with Crippen LogP contribution >= 0.6 is 0 Å². The Kier molecular flexibility index (Phi) is 5.95. The fourth-order valence-electron chi connectivity index (χ4n) is 2.04. The lowest BCUT2D eigenvalue weighted by molar-refractivity contribution is -0.133. The maximum Gasteiger partial charge on any atom is 0.233 e. The molecule has 2 rings (SSSR count). The monoisotopic (exact) mass is 333 g/mol. The molecule has 0 bridgehead atoms. The number of anilines is 1. The molecule has 1 aromatic heterocycles. The number of carbonyl (C=O) groups is 2. The molecular weight excluding hydrogens is 316 g/mol. The fourth-order valence-corrected chi connectivity index (χ4v) is 2.04. The summed E-state index contributed by atoms with van der Waals surface area (Å²) in [5.74, 6) is -2.97. The molecule has 0 radical (unpaired) electrons. The number of nitrogens with one attached hydrogen (secondary N) is 1. The first-order valence-corrected chi connectivity index (χ1v) is 7.34. The van der Waals surface area contributed by atoms with Crippen LogP contribution in [0.25, 0.3) is 0 Å². The first-order chi connectivity index (χ1) is 11.5. The highest BCUT2D eigenvalue weighted by molar-refractivity contribution is 6.03. The third-order valence-electron chi connectivity index (χ3n) is 3.45. The number of hydrogen-bond donors (Lipinski definition) is 1. The van der Waals surface area contributed by atoms with Crippen LogP contribution < -0.4 is 5.32 Å². The summed E-state index contributed by atoms with van der Waals surface area (Å²) >= 11 is 0. The molecule has 24 heavy (non-hydrogen) atoms. The molecule has 2 aromatic rings. The van der Waals surface area contributed by atoms with E-state index in [2.05, 4.69) is 10.3 Å². The minimum atomic E-state index is -0.887. The second kappa shape index (κ2) is 8.14. The van der Waals surface area contributed by atoms with Gasteiger partial charge in [-0.15, -0.1) is 0 Å². The lowest BCUT2D eigenvalue weighted by atomic mass is 10.2. The number of likely N-dealkylation sites (N-methyl/N-ethyl adjacent to an activating group) is 1. The fraction of sp³-hybridized carbons (Fsp3) is 0.235. The van der Waals surface area contributed by atoms with Crippen molar-refractivity contribution in [1.29, 1.82) is 0 Å². The van der Waals surface area contributed by atoms with Crippen LogP contribution in [-0.2, 0) is 16.0 Å². The third kappa shape index (κ3) is 4.84. The van der Waals surface area contributed by atoms with Crippen molar-refractivity contribution in [1.82, 2.24) is 9.88 Å². The van der Waals surface area contributed by atoms with E-state index in [1.807, 2.05) is 12.1 Å². The van der Waals surface area contributed by atoms with Crippen LogP contribution in [0.5, 0.6) is 0 Å². The van der Waals surface area contributed by atoms with E-state index in [1.165, 1.54) is 11.0 Å². The summed E-state index contributed by atoms with van der Waals surface area (Å²) in [4.78, 5) is 29.1. The third-order valence-corrected chi connectivity index (χ3v) is 3.45. The zero-order chi connectivity index (χ0) is 17.5. The summed E-state index contributed by atoms with van der Waals surface area (Å²) in [5, 5.41) is 2.09. The standard InChI is InChI=1S/C17H17F2N3O2/c1-22(10-7-12-5-8-20-9-6-12)16(24)11-15(23)21-17-13(18)3-2-4-14(17)19/h2-6,8-9H,7,10-11H2,1H3,(H,21,23). The maximum atomic E-state index is 13.5. The number of halogens is 2. The molecule has 1 heterocycles. The van der Waals surface area contributed by atoms with E-state index in [0.29, 0.717) is 13.0 Å². The molecule has 0 aliphatic rings. The maximum absolute atomic E-state index is 13.5. The number of nitrogens with zero attached hydrogens (tertiary/aromatic N) is 2. The van der Waals surface area contributed by atoms with Crippen LogP contribution in [0.15, 0.2) is 42.7 Å². The van der Waals surface area contributed by atoms with E-state index in [9.17, 15) is 18.4 Å². The Morgan fingerprint density at radius 3 is 2.38 bits per heavy atom. The Morgan fingerprint density at radius 2 is 1.75 bits per heavy atom. The van der Waals surface area contributed by atoms with Gasteiger partial charge in [0.25, 0.3) is 0 Å². The quantitative estimate of drug-likeness (QED) is 0.826. The predicted molar refractivity (Wildman–Crippen MR) is 85.2 cm³/mol. The molecule has 1 aromatic carbocycles. The summed E-state index contributed by atoms with van der Waals surface area (Å²) < 4.78 is 26.9. The molecule has 2 amide bonds. The number of benzene rings is 1. The van der Waals surface area contributed by atoms with Gasteiger partial charge in [0.2, 0.25) is 11.8 Å². The number of amides is 2. The molecule has 0 unspecified atom stereocenters. The molecule has 0 saturated carbocycles. The smallest absolute Gasteiger partial charge is 0.233 e. The van der Waals surface area contributed by atoms with Gasteiger partial charge in [-0.3, -0.25) is 14.6 Å². The SMILES string of the molecule is CN(CCc1ccncc1)C(=O)CC(=O)Nc1c(F)cccc1F. The molecule has 5 nitrogen and oxygen atoms in total. The Labute approximate surface area is 138 Å². The molecule has 1 N–H and O–H groups in total. The first-order valence-electron chi connectivity index (χ1n) is 7.34. The number of aromatic nitrogens is 1. The summed E-state index contributed by atoms with van der Waals surface area (Å²) in [7, 11) is 1.57. The lowest BCUT2D eigenvalue weighted by Crippen LogP contribution is -2.32. The minimum Gasteiger partial charge on any atom is -0.345 e. The van der Waals surface area contributed by atoms with Gasteiger partial charge in [-0.05, 0) is 36.2 Å². The van der Waals surface area contributed by atoms with Crippen LogP contribution in [0.4, 0.5) is 14.5 Å². The number of hydrogen-bond acceptors (Lipinski definition) is 3. The summed E-state index contributed by atoms with van der Waals surface area (Å²) in [6.45, 7) is 0.421. The van der Waals surface area contributed by atoms with Crippen molar-refractivity contribution in [2.75, 3.05) is 18.9 Å². The van der Waals surface area contributed by atoms with Gasteiger partial charge in [0, 0.05) is 26.0 Å². The van der Waals surface area contributed by atoms with E-state index in [1.54, 1.807) is 19.4 Å². The molecular formula is C17H17F2N3O2. The number of pyridine rings is 1. The van der Waals surface area contributed by atoms with Crippen molar-refractivity contribution in [2.45, 2.75) is 12.8 Å². The zero-order valence-electron chi connectivity index (χ0n) is 13.1. The van der Waals surface area contributed by atoms with Gasteiger partial charge < -0.3 is 10.2 Å². The first kappa shape index (κ1) is 17.5. The predicted octanol–water partition coefficient (Wildman–Crippen LogP) is 2.39. The van der Waals surface area contributed by atoms with Gasteiger partial charge in [0.1, 0.15) is 23.7 Å². The number of carbonyl (C=O) groups excluding carboxylic acids is 2. The van der Waals surface area contributed by atoms with Crippen LogP contribution in [0.2, 0.25) is 0 Å². The molecule has 0 saturated heterocycles. The molecule has 7 heteroatoms. The van der Waals surface area contributed by atoms with Crippen molar-refractivity contribution < 1.29 is 18.4 Å². The van der Waals surface area contributed by atoms with E-state index >= 15 is 0 Å². The van der Waals surface area contributed by atoms with Gasteiger partial charge in [-0.2, -0.15) is 0 Å². The van der Waals surface area contributed by atoms with E-state index in [0.717, 1.165) is 17.7 Å². The summed E-state index contributed by atoms with van der Waals surface area (Å²) in [6, 6.07) is 6.93. The molecule has 0 atom stereocenters. The Balaban J connectivity index is 1.85. The Hall–Kier alpha value is -2.83. The Bertz CT molecular complexity index is 703. The Morgan fingerprint density at radius 1 is 1.12 bits per heavy atom. The molecule has 0 spiro atoms. The van der Waals surface area contributed by atoms with Crippen molar-refractivity contribution in [3.05, 3.63) is 59.9 Å². The topological polar surface area (TPSA) is 62.3 Å². The van der Waals surface area contributed by atoms with E-state index in [4.69, 9.17) is 0 Å². The molecule has 0 aliphatic heterocycles. The van der Waals surface area contributed by atoms with Crippen molar-refractivity contribution in [3.8, 4) is 0 Å². The minimum absolute atomic E-state index is 0.421. The van der Waals surface area contributed by atoms with Gasteiger partial charge in [-0.25, -0.2) is 8.78 Å². The molecule has 0 aliphatic carbocycles. The zero-order valence-corrected chi connectivity index (χ0v) is 13.1. The van der Waals surface area contributed by atoms with Crippen LogP contribution in [-0.4, -0.2) is 35.3 Å². The highest BCUT2D eigenvalue weighted by Crippen LogP contribution is 2.18. The highest BCUT2D eigenvalue weighted by atomic mass is 19.1. The summed E-state index contributed by atoms with van der Waals surface area (Å²) in [5.41, 5.74) is 0.470. The number of rotatable bonds is 6. The summed E-state index contributed by atoms with van der Waals surface area (Å²) in [6.07, 6.45) is 3.45. The number of para-hydroxylation sites is 1. The van der Waals surface area contributed by atoms with E-state index < -0.39 is 35.6 Å². The van der Waals surface area contributed by atoms with Gasteiger partial charge in [0.15, 0.2) is 0 Å². The second-order valence-electron chi connectivity index (χ2n) is 5.24.